The van der Waals surface area contributed by atoms with Gasteiger partial charge in [-0.2, -0.15) is 0 Å². The van der Waals surface area contributed by atoms with Crippen molar-refractivity contribution >= 4 is 11.4 Å². The molecule has 1 aromatic rings. The summed E-state index contributed by atoms with van der Waals surface area (Å²) in [7, 11) is 0. The maximum absolute atomic E-state index is 11.3. The van der Waals surface area contributed by atoms with Crippen molar-refractivity contribution in [2.24, 2.45) is 5.92 Å². The predicted molar refractivity (Wildman–Crippen MR) is 83.8 cm³/mol. The Kier molecular flexibility index (Phi) is 4.10. The fourth-order valence-electron chi connectivity index (χ4n) is 3.71. The Labute approximate surface area is 125 Å². The number of rotatable bonds is 3. The van der Waals surface area contributed by atoms with Gasteiger partial charge in [0.25, 0.3) is 5.69 Å². The number of hydrogen-bond donors (Lipinski definition) is 1. The first-order valence-electron chi connectivity index (χ1n) is 7.88. The van der Waals surface area contributed by atoms with Crippen LogP contribution in [-0.4, -0.2) is 30.6 Å². The molecule has 3 rings (SSSR count). The maximum atomic E-state index is 11.3. The molecule has 2 atom stereocenters. The molecule has 2 heterocycles. The molecule has 114 valence electrons. The number of aryl methyl sites for hydroxylation is 1. The summed E-state index contributed by atoms with van der Waals surface area (Å²) in [6.07, 6.45) is 4.85. The van der Waals surface area contributed by atoms with Gasteiger partial charge in [0.1, 0.15) is 5.69 Å². The molecule has 5 nitrogen and oxygen atoms in total. The van der Waals surface area contributed by atoms with Gasteiger partial charge in [-0.25, -0.2) is 0 Å². The van der Waals surface area contributed by atoms with Crippen LogP contribution in [-0.2, 0) is 0 Å². The molecule has 5 heteroatoms. The van der Waals surface area contributed by atoms with Gasteiger partial charge in [-0.3, -0.25) is 10.1 Å². The van der Waals surface area contributed by atoms with E-state index >= 15 is 0 Å². The first-order chi connectivity index (χ1) is 10.1. The number of nitro groups is 1. The van der Waals surface area contributed by atoms with Gasteiger partial charge in [0, 0.05) is 25.2 Å². The Morgan fingerprint density at radius 1 is 1.33 bits per heavy atom. The highest BCUT2D eigenvalue weighted by molar-refractivity contribution is 5.64. The molecule has 2 aliphatic heterocycles. The van der Waals surface area contributed by atoms with Crippen LogP contribution in [0, 0.1) is 23.0 Å². The zero-order valence-electron chi connectivity index (χ0n) is 12.5. The number of benzene rings is 1. The lowest BCUT2D eigenvalue weighted by Crippen LogP contribution is -2.43. The van der Waals surface area contributed by atoms with E-state index in [9.17, 15) is 10.1 Å². The Hall–Kier alpha value is -1.62. The van der Waals surface area contributed by atoms with E-state index in [0.29, 0.717) is 12.0 Å². The number of nitro benzene ring substituents is 1. The smallest absolute Gasteiger partial charge is 0.292 e. The van der Waals surface area contributed by atoms with Crippen molar-refractivity contribution in [2.75, 3.05) is 24.5 Å². The highest BCUT2D eigenvalue weighted by Gasteiger charge is 2.31. The summed E-state index contributed by atoms with van der Waals surface area (Å²) in [4.78, 5) is 13.2. The molecule has 2 aliphatic rings. The van der Waals surface area contributed by atoms with Gasteiger partial charge in [0.15, 0.2) is 0 Å². The molecule has 1 aromatic carbocycles. The lowest BCUT2D eigenvalue weighted by Gasteiger charge is -2.37. The molecule has 1 N–H and O–H groups in total. The van der Waals surface area contributed by atoms with Crippen molar-refractivity contribution in [3.8, 4) is 0 Å². The first-order valence-corrected chi connectivity index (χ1v) is 7.88. The molecule has 0 aliphatic carbocycles. The monoisotopic (exact) mass is 289 g/mol. The third kappa shape index (κ3) is 3.02. The fourth-order valence-corrected chi connectivity index (χ4v) is 3.71. The Morgan fingerprint density at radius 2 is 2.19 bits per heavy atom. The van der Waals surface area contributed by atoms with Gasteiger partial charge in [-0.1, -0.05) is 6.07 Å². The van der Waals surface area contributed by atoms with Crippen LogP contribution >= 0.6 is 0 Å². The molecular weight excluding hydrogens is 266 g/mol. The molecule has 0 bridgehead atoms. The minimum atomic E-state index is -0.258. The first kappa shape index (κ1) is 14.3. The molecule has 0 radical (unpaired) electrons. The zero-order chi connectivity index (χ0) is 14.8. The van der Waals surface area contributed by atoms with E-state index in [0.717, 1.165) is 37.3 Å². The van der Waals surface area contributed by atoms with Crippen LogP contribution in [0.25, 0.3) is 0 Å². The molecule has 2 fully saturated rings. The second kappa shape index (κ2) is 6.02. The number of anilines is 1. The largest absolute Gasteiger partial charge is 0.366 e. The van der Waals surface area contributed by atoms with Crippen molar-refractivity contribution in [2.45, 2.75) is 38.6 Å². The second-order valence-electron chi connectivity index (χ2n) is 6.30. The van der Waals surface area contributed by atoms with E-state index in [1.807, 2.05) is 19.1 Å². The minimum absolute atomic E-state index is 0.237. The summed E-state index contributed by atoms with van der Waals surface area (Å²) in [5, 5.41) is 14.9. The van der Waals surface area contributed by atoms with E-state index in [2.05, 4.69) is 10.2 Å². The van der Waals surface area contributed by atoms with Gasteiger partial charge in [-0.15, -0.1) is 0 Å². The molecular formula is C16H23N3O2. The molecule has 21 heavy (non-hydrogen) atoms. The van der Waals surface area contributed by atoms with Gasteiger partial charge in [-0.05, 0) is 56.7 Å². The van der Waals surface area contributed by atoms with Crippen molar-refractivity contribution < 1.29 is 4.92 Å². The Morgan fingerprint density at radius 3 is 2.90 bits per heavy atom. The van der Waals surface area contributed by atoms with Crippen LogP contribution in [0.3, 0.4) is 0 Å². The molecule has 2 saturated heterocycles. The van der Waals surface area contributed by atoms with Gasteiger partial charge in [0.2, 0.25) is 0 Å². The summed E-state index contributed by atoms with van der Waals surface area (Å²) >= 11 is 0. The van der Waals surface area contributed by atoms with Gasteiger partial charge in [0.05, 0.1) is 4.92 Å². The average molecular weight is 289 g/mol. The third-order valence-corrected chi connectivity index (χ3v) is 4.79. The summed E-state index contributed by atoms with van der Waals surface area (Å²) in [5.74, 6) is 0.612. The van der Waals surface area contributed by atoms with Crippen LogP contribution in [0.1, 0.15) is 31.2 Å². The van der Waals surface area contributed by atoms with E-state index in [4.69, 9.17) is 0 Å². The highest BCUT2D eigenvalue weighted by Crippen LogP contribution is 2.34. The second-order valence-corrected chi connectivity index (χ2v) is 6.30. The van der Waals surface area contributed by atoms with Crippen molar-refractivity contribution in [1.82, 2.24) is 5.32 Å². The van der Waals surface area contributed by atoms with E-state index in [-0.39, 0.29) is 10.6 Å². The van der Waals surface area contributed by atoms with Gasteiger partial charge >= 0.3 is 0 Å². The summed E-state index contributed by atoms with van der Waals surface area (Å²) in [6.45, 7) is 4.97. The maximum Gasteiger partial charge on any atom is 0.292 e. The van der Waals surface area contributed by atoms with Crippen LogP contribution in [0.15, 0.2) is 18.2 Å². The van der Waals surface area contributed by atoms with Crippen LogP contribution in [0.4, 0.5) is 11.4 Å². The molecule has 0 saturated carbocycles. The SMILES string of the molecule is Cc1ccc([N+](=O)[O-])c(N2CCCC(C3CCCN3)C2)c1. The third-order valence-electron chi connectivity index (χ3n) is 4.79. The van der Waals surface area contributed by atoms with Crippen LogP contribution in [0.2, 0.25) is 0 Å². The van der Waals surface area contributed by atoms with Gasteiger partial charge < -0.3 is 10.2 Å². The van der Waals surface area contributed by atoms with E-state index < -0.39 is 0 Å². The summed E-state index contributed by atoms with van der Waals surface area (Å²) < 4.78 is 0. The number of nitrogens with one attached hydrogen (secondary N) is 1. The quantitative estimate of drug-likeness (QED) is 0.686. The number of nitrogens with zero attached hydrogens (tertiary/aromatic N) is 2. The lowest BCUT2D eigenvalue weighted by molar-refractivity contribution is -0.384. The summed E-state index contributed by atoms with van der Waals surface area (Å²) in [5.41, 5.74) is 2.11. The predicted octanol–water partition coefficient (Wildman–Crippen LogP) is 2.87. The molecule has 0 amide bonds. The van der Waals surface area contributed by atoms with Crippen molar-refractivity contribution in [3.05, 3.63) is 33.9 Å². The van der Waals surface area contributed by atoms with Crippen molar-refractivity contribution in [1.29, 1.82) is 0 Å². The summed E-state index contributed by atoms with van der Waals surface area (Å²) in [6, 6.07) is 6.02. The van der Waals surface area contributed by atoms with Crippen LogP contribution < -0.4 is 10.2 Å². The Bertz CT molecular complexity index is 526. The van der Waals surface area contributed by atoms with Crippen LogP contribution in [0.5, 0.6) is 0 Å². The normalized spacial score (nSPS) is 26.0. The zero-order valence-corrected chi connectivity index (χ0v) is 12.5. The Balaban J connectivity index is 1.82. The number of hydrogen-bond acceptors (Lipinski definition) is 4. The molecule has 2 unspecified atom stereocenters. The van der Waals surface area contributed by atoms with E-state index in [1.165, 1.54) is 19.3 Å². The highest BCUT2D eigenvalue weighted by atomic mass is 16.6. The van der Waals surface area contributed by atoms with Crippen molar-refractivity contribution in [3.63, 3.8) is 0 Å². The minimum Gasteiger partial charge on any atom is -0.366 e. The molecule has 0 aromatic heterocycles. The topological polar surface area (TPSA) is 58.4 Å². The molecule has 0 spiro atoms. The standard InChI is InChI=1S/C16H23N3O2/c1-12-6-7-15(19(20)21)16(10-12)18-9-3-4-13(11-18)14-5-2-8-17-14/h6-7,10,13-14,17H,2-5,8-9,11H2,1H3. The van der Waals surface area contributed by atoms with E-state index in [1.54, 1.807) is 6.07 Å². The fraction of sp³-hybridized carbons (Fsp3) is 0.625. The average Bonchev–Trinajstić information content (AvgIpc) is 3.01. The lowest BCUT2D eigenvalue weighted by atomic mass is 9.89. The number of piperidine rings is 1.